The molecule has 4 heteroatoms. The Kier molecular flexibility index (Phi) is 8.17. The highest BCUT2D eigenvalue weighted by atomic mass is 16.2. The summed E-state index contributed by atoms with van der Waals surface area (Å²) in [7, 11) is 2.09. The van der Waals surface area contributed by atoms with Gasteiger partial charge in [0.05, 0.1) is 6.04 Å². The molecule has 102 valence electrons. The van der Waals surface area contributed by atoms with Crippen molar-refractivity contribution in [1.29, 1.82) is 0 Å². The number of rotatable bonds is 8. The van der Waals surface area contributed by atoms with Crippen LogP contribution in [0.25, 0.3) is 0 Å². The van der Waals surface area contributed by atoms with Crippen molar-refractivity contribution in [3.8, 4) is 0 Å². The van der Waals surface area contributed by atoms with Crippen LogP contribution in [-0.4, -0.2) is 43.0 Å². The maximum atomic E-state index is 11.6. The summed E-state index contributed by atoms with van der Waals surface area (Å²) in [5, 5.41) is 2.89. The van der Waals surface area contributed by atoms with Crippen LogP contribution >= 0.6 is 0 Å². The van der Waals surface area contributed by atoms with Crippen LogP contribution in [0, 0.1) is 5.92 Å². The maximum Gasteiger partial charge on any atom is 0.236 e. The summed E-state index contributed by atoms with van der Waals surface area (Å²) in [6.07, 6.45) is 1.71. The predicted molar refractivity (Wildman–Crippen MR) is 72.8 cm³/mol. The quantitative estimate of drug-likeness (QED) is 0.630. The summed E-state index contributed by atoms with van der Waals surface area (Å²) in [6, 6.07) is 0.187. The van der Waals surface area contributed by atoms with E-state index in [-0.39, 0.29) is 11.9 Å². The Bertz CT molecular complexity index is 217. The summed E-state index contributed by atoms with van der Waals surface area (Å²) < 4.78 is 0. The summed E-state index contributed by atoms with van der Waals surface area (Å²) in [5.41, 5.74) is 5.79. The lowest BCUT2D eigenvalue weighted by molar-refractivity contribution is -0.122. The minimum atomic E-state index is -0.363. The molecule has 0 aliphatic carbocycles. The monoisotopic (exact) mass is 243 g/mol. The number of amides is 1. The standard InChI is InChI=1S/C13H29N3O/c1-10(2)9-12(14)13(17)15-7-6-8-16(5)11(3)4/h10-12H,6-9,14H2,1-5H3,(H,15,17)/t12-/m0/s1. The molecule has 0 rings (SSSR count). The number of nitrogens with two attached hydrogens (primary N) is 1. The Morgan fingerprint density at radius 1 is 1.29 bits per heavy atom. The highest BCUT2D eigenvalue weighted by Gasteiger charge is 2.14. The Morgan fingerprint density at radius 2 is 1.88 bits per heavy atom. The summed E-state index contributed by atoms with van der Waals surface area (Å²) in [4.78, 5) is 13.9. The first kappa shape index (κ1) is 16.4. The summed E-state index contributed by atoms with van der Waals surface area (Å²) >= 11 is 0. The van der Waals surface area contributed by atoms with Crippen molar-refractivity contribution < 1.29 is 4.79 Å². The third-order valence-electron chi connectivity index (χ3n) is 2.93. The average Bonchev–Trinajstić information content (AvgIpc) is 2.22. The molecular weight excluding hydrogens is 214 g/mol. The number of hydrogen-bond acceptors (Lipinski definition) is 3. The van der Waals surface area contributed by atoms with Crippen molar-refractivity contribution in [2.45, 2.75) is 52.6 Å². The molecule has 4 nitrogen and oxygen atoms in total. The fourth-order valence-electron chi connectivity index (χ4n) is 1.54. The first-order chi connectivity index (χ1) is 7.84. The van der Waals surface area contributed by atoms with Gasteiger partial charge in [0.25, 0.3) is 0 Å². The highest BCUT2D eigenvalue weighted by Crippen LogP contribution is 2.02. The molecule has 1 atom stereocenters. The fourth-order valence-corrected chi connectivity index (χ4v) is 1.54. The minimum Gasteiger partial charge on any atom is -0.355 e. The van der Waals surface area contributed by atoms with Crippen LogP contribution in [0.1, 0.15) is 40.5 Å². The zero-order valence-electron chi connectivity index (χ0n) is 12.0. The lowest BCUT2D eigenvalue weighted by atomic mass is 10.0. The van der Waals surface area contributed by atoms with Gasteiger partial charge in [-0.3, -0.25) is 4.79 Å². The molecule has 1 amide bonds. The average molecular weight is 243 g/mol. The third-order valence-corrected chi connectivity index (χ3v) is 2.93. The second-order valence-electron chi connectivity index (χ2n) is 5.45. The lowest BCUT2D eigenvalue weighted by Gasteiger charge is -2.21. The topological polar surface area (TPSA) is 58.4 Å². The van der Waals surface area contributed by atoms with E-state index >= 15 is 0 Å². The van der Waals surface area contributed by atoms with Gasteiger partial charge in [-0.25, -0.2) is 0 Å². The van der Waals surface area contributed by atoms with Gasteiger partial charge in [-0.15, -0.1) is 0 Å². The Labute approximate surface area is 106 Å². The molecule has 0 aliphatic heterocycles. The van der Waals surface area contributed by atoms with E-state index in [2.05, 4.69) is 45.0 Å². The van der Waals surface area contributed by atoms with Gasteiger partial charge in [0.15, 0.2) is 0 Å². The van der Waals surface area contributed by atoms with E-state index in [1.165, 1.54) is 0 Å². The molecule has 0 radical (unpaired) electrons. The van der Waals surface area contributed by atoms with Crippen LogP contribution in [0.4, 0.5) is 0 Å². The minimum absolute atomic E-state index is 0.0223. The van der Waals surface area contributed by atoms with Gasteiger partial charge < -0.3 is 16.0 Å². The van der Waals surface area contributed by atoms with Crippen LogP contribution in [-0.2, 0) is 4.79 Å². The van der Waals surface area contributed by atoms with Crippen LogP contribution in [0.2, 0.25) is 0 Å². The molecule has 0 aliphatic rings. The zero-order valence-corrected chi connectivity index (χ0v) is 12.0. The molecule has 0 fully saturated rings. The van der Waals surface area contributed by atoms with E-state index in [1.54, 1.807) is 0 Å². The normalized spacial score (nSPS) is 13.5. The van der Waals surface area contributed by atoms with Gasteiger partial charge >= 0.3 is 0 Å². The molecule has 0 saturated carbocycles. The molecule has 0 aromatic heterocycles. The third kappa shape index (κ3) is 8.16. The smallest absolute Gasteiger partial charge is 0.236 e. The van der Waals surface area contributed by atoms with E-state index in [4.69, 9.17) is 5.73 Å². The molecule has 17 heavy (non-hydrogen) atoms. The summed E-state index contributed by atoms with van der Waals surface area (Å²) in [5.74, 6) is 0.439. The van der Waals surface area contributed by atoms with Crippen molar-refractivity contribution >= 4 is 5.91 Å². The Hall–Kier alpha value is -0.610. The van der Waals surface area contributed by atoms with Gasteiger partial charge in [0.2, 0.25) is 5.91 Å². The van der Waals surface area contributed by atoms with Crippen LogP contribution < -0.4 is 11.1 Å². The van der Waals surface area contributed by atoms with Gasteiger partial charge in [-0.1, -0.05) is 13.8 Å². The molecule has 0 aromatic rings. The van der Waals surface area contributed by atoms with Gasteiger partial charge in [-0.05, 0) is 46.2 Å². The largest absolute Gasteiger partial charge is 0.355 e. The number of hydrogen-bond donors (Lipinski definition) is 2. The van der Waals surface area contributed by atoms with Crippen LogP contribution in [0.5, 0.6) is 0 Å². The number of carbonyl (C=O) groups is 1. The number of nitrogens with one attached hydrogen (secondary N) is 1. The van der Waals surface area contributed by atoms with Crippen molar-refractivity contribution in [3.05, 3.63) is 0 Å². The summed E-state index contributed by atoms with van der Waals surface area (Å²) in [6.45, 7) is 10.2. The number of nitrogens with zero attached hydrogens (tertiary/aromatic N) is 1. The van der Waals surface area contributed by atoms with E-state index in [0.29, 0.717) is 18.5 Å². The lowest BCUT2D eigenvalue weighted by Crippen LogP contribution is -2.42. The molecule has 3 N–H and O–H groups in total. The molecule has 0 aromatic carbocycles. The van der Waals surface area contributed by atoms with E-state index in [9.17, 15) is 4.79 Å². The van der Waals surface area contributed by atoms with Gasteiger partial charge in [0, 0.05) is 12.6 Å². The van der Waals surface area contributed by atoms with Gasteiger partial charge in [0.1, 0.15) is 0 Å². The second kappa shape index (κ2) is 8.48. The molecule has 0 heterocycles. The van der Waals surface area contributed by atoms with Crippen LogP contribution in [0.15, 0.2) is 0 Å². The Morgan fingerprint density at radius 3 is 2.35 bits per heavy atom. The van der Waals surface area contributed by atoms with E-state index < -0.39 is 0 Å². The second-order valence-corrected chi connectivity index (χ2v) is 5.45. The predicted octanol–water partition coefficient (Wildman–Crippen LogP) is 1.21. The molecule has 0 spiro atoms. The van der Waals surface area contributed by atoms with Gasteiger partial charge in [-0.2, -0.15) is 0 Å². The van der Waals surface area contributed by atoms with Crippen molar-refractivity contribution in [3.63, 3.8) is 0 Å². The van der Waals surface area contributed by atoms with Crippen molar-refractivity contribution in [2.75, 3.05) is 20.1 Å². The van der Waals surface area contributed by atoms with E-state index in [1.807, 2.05) is 0 Å². The highest BCUT2D eigenvalue weighted by molar-refractivity contribution is 5.81. The van der Waals surface area contributed by atoms with Crippen LogP contribution in [0.3, 0.4) is 0 Å². The SMILES string of the molecule is CC(C)C[C@H](N)C(=O)NCCCN(C)C(C)C. The first-order valence-corrected chi connectivity index (χ1v) is 6.58. The Balaban J connectivity index is 3.64. The molecule has 0 bridgehead atoms. The van der Waals surface area contributed by atoms with Crippen molar-refractivity contribution in [1.82, 2.24) is 10.2 Å². The molecule has 0 unspecified atom stereocenters. The maximum absolute atomic E-state index is 11.6. The molecular formula is C13H29N3O. The molecule has 0 saturated heterocycles. The fraction of sp³-hybridized carbons (Fsp3) is 0.923. The number of carbonyl (C=O) groups excluding carboxylic acids is 1. The van der Waals surface area contributed by atoms with Crippen molar-refractivity contribution in [2.24, 2.45) is 11.7 Å². The zero-order chi connectivity index (χ0) is 13.4. The first-order valence-electron chi connectivity index (χ1n) is 6.58. The van der Waals surface area contributed by atoms with E-state index in [0.717, 1.165) is 19.4 Å².